The first-order valence-corrected chi connectivity index (χ1v) is 7.23. The highest BCUT2D eigenvalue weighted by atomic mass is 16.3. The predicted octanol–water partition coefficient (Wildman–Crippen LogP) is 1.39. The molecular formula is C15H21N3O4. The average molecular weight is 307 g/mol. The molecule has 0 saturated carbocycles. The number of carbonyl (C=O) groups excluding carboxylic acids is 1. The number of carbonyl (C=O) groups is 1. The van der Waals surface area contributed by atoms with E-state index in [0.717, 1.165) is 43.8 Å². The Hall–Kier alpha value is -2.28. The summed E-state index contributed by atoms with van der Waals surface area (Å²) in [5, 5.41) is 32.1. The van der Waals surface area contributed by atoms with Crippen molar-refractivity contribution in [2.45, 2.75) is 32.7 Å². The number of aromatic hydroxyl groups is 3. The van der Waals surface area contributed by atoms with Crippen LogP contribution in [0.5, 0.6) is 17.2 Å². The molecule has 4 N–H and O–H groups in total. The van der Waals surface area contributed by atoms with E-state index in [1.807, 2.05) is 0 Å². The number of amides is 1. The second-order valence-corrected chi connectivity index (χ2v) is 5.61. The molecule has 0 radical (unpaired) electrons. The standard InChI is InChI=1S/C15H21N3O4/c1-9(2)18-5-3-11(4-6-18)16-17-15(22)10-7-12(19)14(21)13(20)8-10/h7-9,19-21H,3-6H2,1-2H3,(H,17,22). The van der Waals surface area contributed by atoms with E-state index in [1.165, 1.54) is 0 Å². The van der Waals surface area contributed by atoms with Gasteiger partial charge in [0.05, 0.1) is 0 Å². The lowest BCUT2D eigenvalue weighted by molar-refractivity contribution is 0.0953. The van der Waals surface area contributed by atoms with Crippen LogP contribution in [0, 0.1) is 0 Å². The molecule has 0 aliphatic carbocycles. The molecule has 0 spiro atoms. The largest absolute Gasteiger partial charge is 0.504 e. The van der Waals surface area contributed by atoms with Gasteiger partial charge in [0, 0.05) is 43.2 Å². The first-order valence-electron chi connectivity index (χ1n) is 7.23. The van der Waals surface area contributed by atoms with Gasteiger partial charge in [0.1, 0.15) is 0 Å². The van der Waals surface area contributed by atoms with Crippen LogP contribution >= 0.6 is 0 Å². The Bertz CT molecular complexity index is 565. The summed E-state index contributed by atoms with van der Waals surface area (Å²) in [7, 11) is 0. The molecule has 0 atom stereocenters. The Balaban J connectivity index is 1.97. The molecule has 1 aromatic carbocycles. The van der Waals surface area contributed by atoms with Gasteiger partial charge in [0.25, 0.3) is 5.91 Å². The highest BCUT2D eigenvalue weighted by molar-refractivity contribution is 5.96. The van der Waals surface area contributed by atoms with E-state index in [-0.39, 0.29) is 5.56 Å². The number of piperidine rings is 1. The number of hydrogen-bond donors (Lipinski definition) is 4. The van der Waals surface area contributed by atoms with Crippen LogP contribution in [-0.2, 0) is 0 Å². The monoisotopic (exact) mass is 307 g/mol. The number of likely N-dealkylation sites (tertiary alicyclic amines) is 1. The lowest BCUT2D eigenvalue weighted by atomic mass is 10.1. The fourth-order valence-corrected chi connectivity index (χ4v) is 2.34. The van der Waals surface area contributed by atoms with Crippen LogP contribution < -0.4 is 5.43 Å². The van der Waals surface area contributed by atoms with Crippen LogP contribution in [0.15, 0.2) is 17.2 Å². The van der Waals surface area contributed by atoms with Gasteiger partial charge in [-0.25, -0.2) is 5.43 Å². The summed E-state index contributed by atoms with van der Waals surface area (Å²) in [5.74, 6) is -2.31. The van der Waals surface area contributed by atoms with Crippen LogP contribution in [0.25, 0.3) is 0 Å². The predicted molar refractivity (Wildman–Crippen MR) is 82.3 cm³/mol. The fourth-order valence-electron chi connectivity index (χ4n) is 2.34. The van der Waals surface area contributed by atoms with Crippen LogP contribution in [0.3, 0.4) is 0 Å². The smallest absolute Gasteiger partial charge is 0.271 e. The molecule has 1 saturated heterocycles. The van der Waals surface area contributed by atoms with Gasteiger partial charge in [-0.3, -0.25) is 4.79 Å². The average Bonchev–Trinajstić information content (AvgIpc) is 2.50. The quantitative estimate of drug-likeness (QED) is 0.499. The van der Waals surface area contributed by atoms with Crippen LogP contribution in [0.2, 0.25) is 0 Å². The van der Waals surface area contributed by atoms with E-state index in [1.54, 1.807) is 0 Å². The number of hydrogen-bond acceptors (Lipinski definition) is 6. The molecule has 0 bridgehead atoms. The zero-order valence-corrected chi connectivity index (χ0v) is 12.7. The van der Waals surface area contributed by atoms with Crippen molar-refractivity contribution in [1.29, 1.82) is 0 Å². The van der Waals surface area contributed by atoms with Gasteiger partial charge in [-0.05, 0) is 26.0 Å². The Labute approximate surface area is 128 Å². The lowest BCUT2D eigenvalue weighted by Gasteiger charge is -2.30. The zero-order valence-electron chi connectivity index (χ0n) is 12.7. The van der Waals surface area contributed by atoms with Gasteiger partial charge in [0.15, 0.2) is 17.2 Å². The van der Waals surface area contributed by atoms with Crippen LogP contribution in [-0.4, -0.2) is 51.0 Å². The third kappa shape index (κ3) is 3.67. The minimum atomic E-state index is -0.649. The molecule has 2 rings (SSSR count). The number of phenolic OH excluding ortho intramolecular Hbond substituents is 3. The topological polar surface area (TPSA) is 105 Å². The van der Waals surface area contributed by atoms with E-state index in [9.17, 15) is 20.1 Å². The number of benzene rings is 1. The molecule has 1 fully saturated rings. The second-order valence-electron chi connectivity index (χ2n) is 5.61. The van der Waals surface area contributed by atoms with Crippen LogP contribution in [0.4, 0.5) is 0 Å². The summed E-state index contributed by atoms with van der Waals surface area (Å²) < 4.78 is 0. The minimum Gasteiger partial charge on any atom is -0.504 e. The lowest BCUT2D eigenvalue weighted by Crippen LogP contribution is -2.39. The maximum Gasteiger partial charge on any atom is 0.271 e. The van der Waals surface area contributed by atoms with E-state index in [2.05, 4.69) is 29.3 Å². The van der Waals surface area contributed by atoms with Crippen molar-refractivity contribution < 1.29 is 20.1 Å². The Morgan fingerprint density at radius 3 is 2.23 bits per heavy atom. The van der Waals surface area contributed by atoms with E-state index in [0.29, 0.717) is 6.04 Å². The van der Waals surface area contributed by atoms with Gasteiger partial charge in [-0.15, -0.1) is 0 Å². The highest BCUT2D eigenvalue weighted by Crippen LogP contribution is 2.35. The number of hydrazone groups is 1. The van der Waals surface area contributed by atoms with E-state index >= 15 is 0 Å². The summed E-state index contributed by atoms with van der Waals surface area (Å²) in [6, 6.07) is 2.65. The minimum absolute atomic E-state index is 0.0248. The number of phenols is 3. The van der Waals surface area contributed by atoms with Gasteiger partial charge in [-0.2, -0.15) is 5.10 Å². The van der Waals surface area contributed by atoms with Gasteiger partial charge in [-0.1, -0.05) is 0 Å². The van der Waals surface area contributed by atoms with Crippen molar-refractivity contribution in [3.8, 4) is 17.2 Å². The first kappa shape index (κ1) is 16.1. The normalized spacial score (nSPS) is 15.9. The summed E-state index contributed by atoms with van der Waals surface area (Å²) in [4.78, 5) is 14.3. The highest BCUT2D eigenvalue weighted by Gasteiger charge is 2.18. The van der Waals surface area contributed by atoms with Gasteiger partial charge in [0.2, 0.25) is 0 Å². The van der Waals surface area contributed by atoms with Gasteiger partial charge >= 0.3 is 0 Å². The van der Waals surface area contributed by atoms with Crippen molar-refractivity contribution >= 4 is 11.6 Å². The molecule has 1 aliphatic heterocycles. The fraction of sp³-hybridized carbons (Fsp3) is 0.467. The summed E-state index contributed by atoms with van der Waals surface area (Å²) in [5.41, 5.74) is 3.35. The first-order chi connectivity index (χ1) is 10.4. The summed E-state index contributed by atoms with van der Waals surface area (Å²) in [6.07, 6.45) is 1.59. The second kappa shape index (κ2) is 6.65. The van der Waals surface area contributed by atoms with Crippen LogP contribution in [0.1, 0.15) is 37.0 Å². The Morgan fingerprint density at radius 2 is 1.73 bits per heavy atom. The number of rotatable bonds is 3. The maximum atomic E-state index is 11.9. The third-order valence-electron chi connectivity index (χ3n) is 3.75. The van der Waals surface area contributed by atoms with Crippen molar-refractivity contribution in [2.24, 2.45) is 5.10 Å². The molecule has 1 heterocycles. The van der Waals surface area contributed by atoms with E-state index in [4.69, 9.17) is 0 Å². The molecule has 1 aliphatic rings. The molecule has 7 nitrogen and oxygen atoms in total. The summed E-state index contributed by atoms with van der Waals surface area (Å²) in [6.45, 7) is 6.11. The molecule has 0 aromatic heterocycles. The van der Waals surface area contributed by atoms with Gasteiger partial charge < -0.3 is 20.2 Å². The maximum absolute atomic E-state index is 11.9. The molecule has 1 amide bonds. The molecular weight excluding hydrogens is 286 g/mol. The molecule has 22 heavy (non-hydrogen) atoms. The van der Waals surface area contributed by atoms with Crippen molar-refractivity contribution in [3.05, 3.63) is 17.7 Å². The van der Waals surface area contributed by atoms with Crippen molar-refractivity contribution in [3.63, 3.8) is 0 Å². The zero-order chi connectivity index (χ0) is 16.3. The Morgan fingerprint density at radius 1 is 1.18 bits per heavy atom. The molecule has 120 valence electrons. The summed E-state index contributed by atoms with van der Waals surface area (Å²) >= 11 is 0. The van der Waals surface area contributed by atoms with Crippen molar-refractivity contribution in [1.82, 2.24) is 10.3 Å². The molecule has 7 heteroatoms. The van der Waals surface area contributed by atoms with E-state index < -0.39 is 23.2 Å². The SMILES string of the molecule is CC(C)N1CCC(=NNC(=O)c2cc(O)c(O)c(O)c2)CC1. The molecule has 1 aromatic rings. The number of nitrogens with one attached hydrogen (secondary N) is 1. The van der Waals surface area contributed by atoms with Crippen molar-refractivity contribution in [2.75, 3.05) is 13.1 Å². The number of nitrogens with zero attached hydrogens (tertiary/aromatic N) is 2. The molecule has 0 unspecified atom stereocenters. The Kier molecular flexibility index (Phi) is 4.87. The third-order valence-corrected chi connectivity index (χ3v) is 3.75.